The molecule has 0 atom stereocenters. The first-order valence-corrected chi connectivity index (χ1v) is 9.30. The van der Waals surface area contributed by atoms with Crippen LogP contribution in [-0.4, -0.2) is 54.3 Å². The minimum absolute atomic E-state index is 0.134. The lowest BCUT2D eigenvalue weighted by Crippen LogP contribution is -2.49. The van der Waals surface area contributed by atoms with Crippen LogP contribution < -0.4 is 4.90 Å². The molecule has 4 rings (SSSR count). The molecule has 1 aliphatic carbocycles. The van der Waals surface area contributed by atoms with Gasteiger partial charge in [-0.15, -0.1) is 0 Å². The van der Waals surface area contributed by atoms with Crippen molar-refractivity contribution in [2.75, 3.05) is 31.1 Å². The molecule has 2 aliphatic rings. The lowest BCUT2D eigenvalue weighted by molar-refractivity contribution is 0.384. The second-order valence-corrected chi connectivity index (χ2v) is 8.54. The van der Waals surface area contributed by atoms with Crippen molar-refractivity contribution in [3.05, 3.63) is 23.4 Å². The molecule has 1 N–H and O–H groups in total. The third-order valence-electron chi connectivity index (χ3n) is 4.39. The van der Waals surface area contributed by atoms with Gasteiger partial charge in [0, 0.05) is 42.3 Å². The zero-order valence-electron chi connectivity index (χ0n) is 12.0. The number of fused-ring (bicyclic) bond motifs is 1. The third kappa shape index (κ3) is 2.37. The van der Waals surface area contributed by atoms with Crippen molar-refractivity contribution in [1.29, 1.82) is 0 Å². The second kappa shape index (κ2) is 5.11. The standard InChI is InChI=1S/C14H17ClN4O2S/c15-10-7-13-12(9-16-17-13)14(8-10)18-3-5-19(6-4-18)22(20,21)11-1-2-11/h7-9,11H,1-6H2,(H,16,17). The highest BCUT2D eigenvalue weighted by Gasteiger charge is 2.41. The fraction of sp³-hybridized carbons (Fsp3) is 0.500. The van der Waals surface area contributed by atoms with Gasteiger partial charge in [0.1, 0.15) is 0 Å². The predicted molar refractivity (Wildman–Crippen MR) is 86.8 cm³/mol. The SMILES string of the molecule is O=S(=O)(C1CC1)N1CCN(c2cc(Cl)cc3[nH]ncc23)CC1. The highest BCUT2D eigenvalue weighted by molar-refractivity contribution is 7.90. The van der Waals surface area contributed by atoms with Gasteiger partial charge in [-0.3, -0.25) is 5.10 Å². The van der Waals surface area contributed by atoms with E-state index in [1.807, 2.05) is 12.1 Å². The van der Waals surface area contributed by atoms with Gasteiger partial charge in [-0.2, -0.15) is 9.40 Å². The highest BCUT2D eigenvalue weighted by atomic mass is 35.5. The van der Waals surface area contributed by atoms with Gasteiger partial charge in [-0.1, -0.05) is 11.6 Å². The van der Waals surface area contributed by atoms with Gasteiger partial charge in [-0.05, 0) is 25.0 Å². The Morgan fingerprint density at radius 2 is 1.91 bits per heavy atom. The maximum Gasteiger partial charge on any atom is 0.217 e. The maximum absolute atomic E-state index is 12.3. The van der Waals surface area contributed by atoms with Crippen molar-refractivity contribution in [1.82, 2.24) is 14.5 Å². The Labute approximate surface area is 134 Å². The van der Waals surface area contributed by atoms with Crippen LogP contribution in [0.5, 0.6) is 0 Å². The molecule has 22 heavy (non-hydrogen) atoms. The van der Waals surface area contributed by atoms with Crippen LogP contribution in [0.2, 0.25) is 5.02 Å². The number of rotatable bonds is 3. The number of nitrogens with zero attached hydrogens (tertiary/aromatic N) is 3. The van der Waals surface area contributed by atoms with Crippen LogP contribution in [-0.2, 0) is 10.0 Å². The van der Waals surface area contributed by atoms with Crippen LogP contribution >= 0.6 is 11.6 Å². The monoisotopic (exact) mass is 340 g/mol. The Kier molecular flexibility index (Phi) is 3.32. The quantitative estimate of drug-likeness (QED) is 0.925. The van der Waals surface area contributed by atoms with E-state index in [4.69, 9.17) is 11.6 Å². The molecule has 0 spiro atoms. The van der Waals surface area contributed by atoms with Crippen molar-refractivity contribution in [2.24, 2.45) is 0 Å². The molecule has 1 saturated heterocycles. The molecule has 2 fully saturated rings. The number of hydrogen-bond acceptors (Lipinski definition) is 4. The molecule has 1 saturated carbocycles. The highest BCUT2D eigenvalue weighted by Crippen LogP contribution is 2.33. The molecule has 1 aliphatic heterocycles. The first-order valence-electron chi connectivity index (χ1n) is 7.42. The van der Waals surface area contributed by atoms with Crippen LogP contribution in [0.4, 0.5) is 5.69 Å². The van der Waals surface area contributed by atoms with Crippen LogP contribution in [0.15, 0.2) is 18.3 Å². The number of anilines is 1. The number of sulfonamides is 1. The van der Waals surface area contributed by atoms with Crippen molar-refractivity contribution in [3.8, 4) is 0 Å². The van der Waals surface area contributed by atoms with E-state index in [2.05, 4.69) is 15.1 Å². The summed E-state index contributed by atoms with van der Waals surface area (Å²) in [5, 5.41) is 8.53. The maximum atomic E-state index is 12.3. The summed E-state index contributed by atoms with van der Waals surface area (Å²) in [7, 11) is -3.07. The Balaban J connectivity index is 1.57. The van der Waals surface area contributed by atoms with Crippen LogP contribution in [0.25, 0.3) is 10.9 Å². The van der Waals surface area contributed by atoms with Crippen molar-refractivity contribution >= 4 is 38.2 Å². The van der Waals surface area contributed by atoms with E-state index in [1.165, 1.54) is 0 Å². The van der Waals surface area contributed by atoms with Gasteiger partial charge in [0.15, 0.2) is 0 Å². The lowest BCUT2D eigenvalue weighted by atomic mass is 10.2. The minimum Gasteiger partial charge on any atom is -0.368 e. The molecule has 0 unspecified atom stereocenters. The van der Waals surface area contributed by atoms with Crippen LogP contribution in [0.3, 0.4) is 0 Å². The molecule has 118 valence electrons. The third-order valence-corrected chi connectivity index (χ3v) is 7.00. The van der Waals surface area contributed by atoms with Gasteiger partial charge < -0.3 is 4.90 Å². The molecular weight excluding hydrogens is 324 g/mol. The normalized spacial score (nSPS) is 20.7. The summed E-state index contributed by atoms with van der Waals surface area (Å²) in [5.74, 6) is 0. The largest absolute Gasteiger partial charge is 0.368 e. The van der Waals surface area contributed by atoms with Crippen molar-refractivity contribution < 1.29 is 8.42 Å². The average molecular weight is 341 g/mol. The van der Waals surface area contributed by atoms with Gasteiger partial charge in [0.25, 0.3) is 0 Å². The summed E-state index contributed by atoms with van der Waals surface area (Å²) in [5.41, 5.74) is 1.91. The van der Waals surface area contributed by atoms with E-state index >= 15 is 0 Å². The zero-order chi connectivity index (χ0) is 15.3. The molecule has 6 nitrogen and oxygen atoms in total. The Bertz CT molecular complexity index is 807. The van der Waals surface area contributed by atoms with E-state index in [0.717, 1.165) is 29.4 Å². The van der Waals surface area contributed by atoms with Crippen molar-refractivity contribution in [2.45, 2.75) is 18.1 Å². The first-order chi connectivity index (χ1) is 10.6. The predicted octanol–water partition coefficient (Wildman–Crippen LogP) is 1.83. The number of H-pyrrole nitrogens is 1. The average Bonchev–Trinajstić information content (AvgIpc) is 3.27. The summed E-state index contributed by atoms with van der Waals surface area (Å²) in [6, 6.07) is 3.77. The Morgan fingerprint density at radius 3 is 2.59 bits per heavy atom. The lowest BCUT2D eigenvalue weighted by Gasteiger charge is -2.35. The molecule has 0 radical (unpaired) electrons. The number of benzene rings is 1. The number of hydrogen-bond donors (Lipinski definition) is 1. The van der Waals surface area contributed by atoms with Gasteiger partial charge >= 0.3 is 0 Å². The van der Waals surface area contributed by atoms with Crippen LogP contribution in [0, 0.1) is 0 Å². The van der Waals surface area contributed by atoms with Gasteiger partial charge in [0.05, 0.1) is 17.0 Å². The molecular formula is C14H17ClN4O2S. The van der Waals surface area contributed by atoms with E-state index in [0.29, 0.717) is 31.2 Å². The number of aromatic amines is 1. The van der Waals surface area contributed by atoms with E-state index in [9.17, 15) is 8.42 Å². The Morgan fingerprint density at radius 1 is 1.18 bits per heavy atom. The fourth-order valence-electron chi connectivity index (χ4n) is 3.02. The molecule has 1 aromatic heterocycles. The zero-order valence-corrected chi connectivity index (χ0v) is 13.6. The first kappa shape index (κ1) is 14.3. The molecule has 2 aromatic rings. The molecule has 0 bridgehead atoms. The number of piperazine rings is 1. The summed E-state index contributed by atoms with van der Waals surface area (Å²) < 4.78 is 26.2. The van der Waals surface area contributed by atoms with E-state index in [-0.39, 0.29) is 5.25 Å². The molecule has 2 heterocycles. The molecule has 8 heteroatoms. The Hall–Kier alpha value is -1.31. The molecule has 1 aromatic carbocycles. The second-order valence-electron chi connectivity index (χ2n) is 5.89. The van der Waals surface area contributed by atoms with Gasteiger partial charge in [-0.25, -0.2) is 8.42 Å². The number of nitrogens with one attached hydrogen (secondary N) is 1. The van der Waals surface area contributed by atoms with Gasteiger partial charge in [0.2, 0.25) is 10.0 Å². The van der Waals surface area contributed by atoms with Crippen LogP contribution in [0.1, 0.15) is 12.8 Å². The summed E-state index contributed by atoms with van der Waals surface area (Å²) in [4.78, 5) is 2.18. The summed E-state index contributed by atoms with van der Waals surface area (Å²) in [6.45, 7) is 2.41. The number of halogens is 1. The summed E-state index contributed by atoms with van der Waals surface area (Å²) in [6.07, 6.45) is 3.41. The van der Waals surface area contributed by atoms with Crippen molar-refractivity contribution in [3.63, 3.8) is 0 Å². The molecule has 0 amide bonds. The smallest absolute Gasteiger partial charge is 0.217 e. The number of aromatic nitrogens is 2. The minimum atomic E-state index is -3.07. The van der Waals surface area contributed by atoms with E-state index in [1.54, 1.807) is 10.5 Å². The topological polar surface area (TPSA) is 69.3 Å². The summed E-state index contributed by atoms with van der Waals surface area (Å²) >= 11 is 6.17. The van der Waals surface area contributed by atoms with E-state index < -0.39 is 10.0 Å². The fourth-order valence-corrected chi connectivity index (χ4v) is 5.06.